The number of rotatable bonds is 5. The average molecular weight is 277 g/mol. The number of carbonyl (C=O) groups excluding carboxylic acids is 1. The highest BCUT2D eigenvalue weighted by Gasteiger charge is 2.15. The van der Waals surface area contributed by atoms with Gasteiger partial charge in [-0.3, -0.25) is 4.79 Å². The third-order valence-electron chi connectivity index (χ3n) is 2.13. The van der Waals surface area contributed by atoms with Gasteiger partial charge in [0, 0.05) is 12.7 Å². The van der Waals surface area contributed by atoms with Crippen molar-refractivity contribution in [2.24, 2.45) is 0 Å². The van der Waals surface area contributed by atoms with Gasteiger partial charge >= 0.3 is 5.97 Å². The molecule has 0 unspecified atom stereocenters. The molecular formula is C11H14Cl2N2O2. The Kier molecular flexibility index (Phi) is 5.51. The summed E-state index contributed by atoms with van der Waals surface area (Å²) in [6.45, 7) is 2.80. The lowest BCUT2D eigenvalue weighted by Crippen LogP contribution is -2.32. The van der Waals surface area contributed by atoms with Gasteiger partial charge in [-0.1, -0.05) is 30.1 Å². The second-order valence-corrected chi connectivity index (χ2v) is 4.30. The van der Waals surface area contributed by atoms with Crippen molar-refractivity contribution < 1.29 is 9.53 Å². The second-order valence-electron chi connectivity index (χ2n) is 3.46. The number of hydrogen-bond acceptors (Lipinski definition) is 4. The van der Waals surface area contributed by atoms with Crippen LogP contribution >= 0.6 is 23.2 Å². The number of ether oxygens (including phenoxy) is 1. The van der Waals surface area contributed by atoms with Crippen molar-refractivity contribution in [2.45, 2.75) is 13.3 Å². The zero-order chi connectivity index (χ0) is 12.8. The monoisotopic (exact) mass is 276 g/mol. The van der Waals surface area contributed by atoms with Crippen LogP contribution in [0.3, 0.4) is 0 Å². The third-order valence-corrected chi connectivity index (χ3v) is 2.61. The molecule has 0 aliphatic carbocycles. The molecule has 1 heterocycles. The predicted molar refractivity (Wildman–Crippen MR) is 68.8 cm³/mol. The van der Waals surface area contributed by atoms with Gasteiger partial charge in [0.2, 0.25) is 0 Å². The zero-order valence-corrected chi connectivity index (χ0v) is 11.3. The molecule has 0 bridgehead atoms. The number of methoxy groups -OCH3 is 1. The number of nitrogens with zero attached hydrogens (tertiary/aromatic N) is 2. The Balaban J connectivity index is 2.92. The predicted octanol–water partition coefficient (Wildman–Crippen LogP) is 2.78. The molecule has 17 heavy (non-hydrogen) atoms. The molecule has 0 saturated carbocycles. The minimum absolute atomic E-state index is 0.124. The summed E-state index contributed by atoms with van der Waals surface area (Å²) in [6.07, 6.45) is 2.38. The standard InChI is InChI=1S/C11H14Cl2N2O2/c1-3-4-15(7-10(16)17-2)11-9(13)5-8(12)6-14-11/h5-6H,3-4,7H2,1-2H3. The Hall–Kier alpha value is -1.000. The summed E-state index contributed by atoms with van der Waals surface area (Å²) in [4.78, 5) is 17.2. The number of anilines is 1. The van der Waals surface area contributed by atoms with Gasteiger partial charge in [-0.25, -0.2) is 4.98 Å². The lowest BCUT2D eigenvalue weighted by atomic mass is 10.3. The first-order chi connectivity index (χ1) is 8.08. The second kappa shape index (κ2) is 6.67. The van der Waals surface area contributed by atoms with E-state index in [2.05, 4.69) is 9.72 Å². The summed E-state index contributed by atoms with van der Waals surface area (Å²) in [5.41, 5.74) is 0. The highest BCUT2D eigenvalue weighted by Crippen LogP contribution is 2.26. The Bertz CT molecular complexity index is 399. The summed E-state index contributed by atoms with van der Waals surface area (Å²) < 4.78 is 4.63. The van der Waals surface area contributed by atoms with E-state index >= 15 is 0 Å². The molecule has 0 spiro atoms. The van der Waals surface area contributed by atoms with Crippen LogP contribution in [0.2, 0.25) is 10.0 Å². The van der Waals surface area contributed by atoms with E-state index in [1.165, 1.54) is 13.3 Å². The Morgan fingerprint density at radius 1 is 1.53 bits per heavy atom. The van der Waals surface area contributed by atoms with E-state index < -0.39 is 0 Å². The topological polar surface area (TPSA) is 42.4 Å². The maximum atomic E-state index is 11.3. The van der Waals surface area contributed by atoms with Crippen molar-refractivity contribution in [3.8, 4) is 0 Å². The maximum absolute atomic E-state index is 11.3. The van der Waals surface area contributed by atoms with Crippen LogP contribution in [0.5, 0.6) is 0 Å². The number of hydrogen-bond donors (Lipinski definition) is 0. The van der Waals surface area contributed by atoms with Crippen LogP contribution in [-0.4, -0.2) is 31.2 Å². The van der Waals surface area contributed by atoms with Crippen LogP contribution in [0.4, 0.5) is 5.82 Å². The first-order valence-corrected chi connectivity index (χ1v) is 5.96. The van der Waals surface area contributed by atoms with Gasteiger partial charge in [-0.2, -0.15) is 0 Å². The largest absolute Gasteiger partial charge is 0.468 e. The highest BCUT2D eigenvalue weighted by molar-refractivity contribution is 6.36. The van der Waals surface area contributed by atoms with Crippen LogP contribution in [0.1, 0.15) is 13.3 Å². The van der Waals surface area contributed by atoms with Gasteiger partial charge in [-0.15, -0.1) is 0 Å². The fraction of sp³-hybridized carbons (Fsp3) is 0.455. The molecule has 1 aromatic heterocycles. The summed E-state index contributed by atoms with van der Waals surface area (Å²) in [5, 5.41) is 0.892. The van der Waals surface area contributed by atoms with Crippen molar-refractivity contribution in [3.05, 3.63) is 22.3 Å². The number of pyridine rings is 1. The lowest BCUT2D eigenvalue weighted by molar-refractivity contribution is -0.138. The molecule has 0 aromatic carbocycles. The molecule has 0 aliphatic rings. The molecule has 6 heteroatoms. The molecule has 1 aromatic rings. The van der Waals surface area contributed by atoms with Gasteiger partial charge in [0.15, 0.2) is 0 Å². The van der Waals surface area contributed by atoms with Crippen molar-refractivity contribution in [3.63, 3.8) is 0 Å². The first-order valence-electron chi connectivity index (χ1n) is 5.21. The number of esters is 1. The van der Waals surface area contributed by atoms with Gasteiger partial charge < -0.3 is 9.64 Å². The van der Waals surface area contributed by atoms with Crippen LogP contribution in [0.25, 0.3) is 0 Å². The highest BCUT2D eigenvalue weighted by atomic mass is 35.5. The van der Waals surface area contributed by atoms with Gasteiger partial charge in [-0.05, 0) is 12.5 Å². The van der Waals surface area contributed by atoms with E-state index in [0.29, 0.717) is 22.4 Å². The molecular weight excluding hydrogens is 263 g/mol. The lowest BCUT2D eigenvalue weighted by Gasteiger charge is -2.22. The Morgan fingerprint density at radius 2 is 2.24 bits per heavy atom. The molecule has 0 atom stereocenters. The van der Waals surface area contributed by atoms with Crippen LogP contribution in [0, 0.1) is 0 Å². The van der Waals surface area contributed by atoms with E-state index in [9.17, 15) is 4.79 Å². The maximum Gasteiger partial charge on any atom is 0.325 e. The van der Waals surface area contributed by atoms with Gasteiger partial charge in [0.05, 0.1) is 17.2 Å². The molecule has 0 aliphatic heterocycles. The zero-order valence-electron chi connectivity index (χ0n) is 9.74. The van der Waals surface area contributed by atoms with E-state index in [1.54, 1.807) is 11.0 Å². The minimum Gasteiger partial charge on any atom is -0.468 e. The SMILES string of the molecule is CCCN(CC(=O)OC)c1ncc(Cl)cc1Cl. The number of carbonyl (C=O) groups is 1. The molecule has 0 radical (unpaired) electrons. The molecule has 1 rings (SSSR count). The van der Waals surface area contributed by atoms with E-state index in [-0.39, 0.29) is 12.5 Å². The molecule has 0 saturated heterocycles. The number of aromatic nitrogens is 1. The molecule has 0 amide bonds. The minimum atomic E-state index is -0.328. The fourth-order valence-electron chi connectivity index (χ4n) is 1.39. The van der Waals surface area contributed by atoms with Crippen molar-refractivity contribution >= 4 is 35.0 Å². The van der Waals surface area contributed by atoms with E-state index in [1.807, 2.05) is 6.92 Å². The van der Waals surface area contributed by atoms with E-state index in [4.69, 9.17) is 23.2 Å². The van der Waals surface area contributed by atoms with Gasteiger partial charge in [0.1, 0.15) is 12.4 Å². The summed E-state index contributed by atoms with van der Waals surface area (Å²) in [6, 6.07) is 1.60. The summed E-state index contributed by atoms with van der Waals surface area (Å²) in [5.74, 6) is 0.217. The Labute approximate surface area is 110 Å². The van der Waals surface area contributed by atoms with Crippen molar-refractivity contribution in [2.75, 3.05) is 25.1 Å². The van der Waals surface area contributed by atoms with Crippen molar-refractivity contribution in [1.29, 1.82) is 0 Å². The van der Waals surface area contributed by atoms with Crippen molar-refractivity contribution in [1.82, 2.24) is 4.98 Å². The third kappa shape index (κ3) is 4.06. The van der Waals surface area contributed by atoms with Crippen LogP contribution < -0.4 is 4.90 Å². The summed E-state index contributed by atoms with van der Waals surface area (Å²) in [7, 11) is 1.35. The Morgan fingerprint density at radius 3 is 2.76 bits per heavy atom. The summed E-state index contributed by atoms with van der Waals surface area (Å²) >= 11 is 11.8. The number of halogens is 2. The van der Waals surface area contributed by atoms with Crippen LogP contribution in [-0.2, 0) is 9.53 Å². The van der Waals surface area contributed by atoms with Crippen LogP contribution in [0.15, 0.2) is 12.3 Å². The van der Waals surface area contributed by atoms with E-state index in [0.717, 1.165) is 6.42 Å². The molecule has 0 fully saturated rings. The smallest absolute Gasteiger partial charge is 0.325 e. The quantitative estimate of drug-likeness (QED) is 0.776. The first kappa shape index (κ1) is 14.1. The average Bonchev–Trinajstić information content (AvgIpc) is 2.28. The molecule has 4 nitrogen and oxygen atoms in total. The molecule has 0 N–H and O–H groups in total. The normalized spacial score (nSPS) is 10.1. The molecule has 94 valence electrons. The van der Waals surface area contributed by atoms with Gasteiger partial charge in [0.25, 0.3) is 0 Å². The fourth-order valence-corrected chi connectivity index (χ4v) is 1.89.